The maximum Gasteiger partial charge on any atom is 2.00 e. The molecule has 0 radical (unpaired) electrons. The van der Waals surface area contributed by atoms with Crippen molar-refractivity contribution >= 4 is 49.7 Å². The maximum absolute atomic E-state index is 11.1. The van der Waals surface area contributed by atoms with Crippen molar-refractivity contribution in [3.05, 3.63) is 0 Å². The number of carboxylic acid groups (broad SMARTS) is 2. The Morgan fingerprint density at radius 2 is 1.31 bits per heavy atom. The molecule has 0 fully saturated rings. The molecule has 4 nitrogen and oxygen atoms in total. The Balaban J connectivity index is -0.000000327. The second kappa shape index (κ2) is 9.25. The zero-order valence-corrected chi connectivity index (χ0v) is 12.4. The minimum absolute atomic E-state index is 0. The van der Waals surface area contributed by atoms with Gasteiger partial charge < -0.3 is 13.1 Å². The summed E-state index contributed by atoms with van der Waals surface area (Å²) in [4.78, 5) is 22.2. The average Bonchev–Trinajstić information content (AvgIpc) is 2.17. The second-order valence-electron chi connectivity index (χ2n) is 3.90. The predicted molar refractivity (Wildman–Crippen MR) is 64.7 cm³/mol. The van der Waals surface area contributed by atoms with Crippen LogP contribution in [0, 0.1) is 5.41 Å². The van der Waals surface area contributed by atoms with Crippen LogP contribution in [-0.4, -0.2) is 59.9 Å². The summed E-state index contributed by atoms with van der Waals surface area (Å²) in [7, 11) is 0. The van der Waals surface area contributed by atoms with Crippen LogP contribution in [-0.2, 0) is 9.59 Å². The van der Waals surface area contributed by atoms with Gasteiger partial charge in [0.2, 0.25) is 0 Å². The van der Waals surface area contributed by atoms with E-state index >= 15 is 0 Å². The van der Waals surface area contributed by atoms with Gasteiger partial charge in [-0.2, -0.15) is 0 Å². The fourth-order valence-electron chi connectivity index (χ4n) is 1.60. The molecule has 0 saturated heterocycles. The van der Waals surface area contributed by atoms with Gasteiger partial charge in [-0.15, -0.1) is 0 Å². The number of unbranched alkanes of at least 4 members (excludes halogenated alkanes) is 2. The van der Waals surface area contributed by atoms with Gasteiger partial charge in [0.25, 0.3) is 0 Å². The molecule has 2 N–H and O–H groups in total. The van der Waals surface area contributed by atoms with Crippen LogP contribution in [0.4, 0.5) is 0 Å². The van der Waals surface area contributed by atoms with E-state index in [2.05, 4.69) is 0 Å². The van der Waals surface area contributed by atoms with Crippen molar-refractivity contribution < 1.29 is 22.7 Å². The quantitative estimate of drug-likeness (QED) is 0.518. The second-order valence-corrected chi connectivity index (χ2v) is 3.90. The first kappa shape index (κ1) is 18.6. The van der Waals surface area contributed by atoms with Gasteiger partial charge in [0.15, 0.2) is 5.41 Å². The summed E-state index contributed by atoms with van der Waals surface area (Å²) in [5.74, 6) is -2.39. The van der Waals surface area contributed by atoms with Crippen molar-refractivity contribution in [1.82, 2.24) is 0 Å². The van der Waals surface area contributed by atoms with Gasteiger partial charge >= 0.3 is 49.7 Å². The van der Waals surface area contributed by atoms with E-state index in [0.717, 1.165) is 12.8 Å². The van der Waals surface area contributed by atoms with Crippen LogP contribution in [0.3, 0.4) is 0 Å². The van der Waals surface area contributed by atoms with Gasteiger partial charge in [0.1, 0.15) is 0 Å². The summed E-state index contributed by atoms with van der Waals surface area (Å²) in [6, 6.07) is 0. The number of carbonyl (C=O) groups is 2. The summed E-state index contributed by atoms with van der Waals surface area (Å²) in [6.07, 6.45) is 3.37. The van der Waals surface area contributed by atoms with Gasteiger partial charge in [-0.05, 0) is 12.8 Å². The minimum atomic E-state index is -1.56. The molecule has 0 unspecified atom stereocenters. The van der Waals surface area contributed by atoms with E-state index in [9.17, 15) is 9.59 Å². The molecule has 0 rings (SSSR count). The first-order chi connectivity index (χ1) is 7.01. The summed E-state index contributed by atoms with van der Waals surface area (Å²) in [6.45, 7) is 3.85. The molecule has 0 amide bonds. The monoisotopic (exact) mass is 258 g/mol. The van der Waals surface area contributed by atoms with Crippen LogP contribution >= 0.6 is 0 Å². The Morgan fingerprint density at radius 3 is 1.50 bits per heavy atom. The fourth-order valence-corrected chi connectivity index (χ4v) is 1.60. The molecule has 0 aromatic carbocycles. The fraction of sp³-hybridized carbons (Fsp3) is 0.818. The minimum Gasteiger partial charge on any atom is -1.00 e. The third-order valence-electron chi connectivity index (χ3n) is 2.73. The van der Waals surface area contributed by atoms with Gasteiger partial charge in [-0.3, -0.25) is 9.59 Å². The van der Waals surface area contributed by atoms with E-state index in [1.165, 1.54) is 0 Å². The molecule has 0 bridgehead atoms. The maximum atomic E-state index is 11.1. The number of rotatable bonds is 8. The summed E-state index contributed by atoms with van der Waals surface area (Å²) in [5, 5.41) is 18.1. The largest absolute Gasteiger partial charge is 2.00 e. The van der Waals surface area contributed by atoms with Gasteiger partial charge in [0, 0.05) is 0 Å². The molecule has 0 aromatic rings. The van der Waals surface area contributed by atoms with Crippen LogP contribution in [0.15, 0.2) is 0 Å². The van der Waals surface area contributed by atoms with Gasteiger partial charge in [-0.25, -0.2) is 0 Å². The van der Waals surface area contributed by atoms with Crippen molar-refractivity contribution in [2.45, 2.75) is 52.4 Å². The average molecular weight is 258 g/mol. The third kappa shape index (κ3) is 5.02. The Morgan fingerprint density at radius 1 is 1.00 bits per heavy atom. The van der Waals surface area contributed by atoms with Crippen molar-refractivity contribution in [2.24, 2.45) is 5.41 Å². The molecular weight excluding hydrogens is 236 g/mol. The van der Waals surface area contributed by atoms with Crippen LogP contribution < -0.4 is 0 Å². The molecule has 92 valence electrons. The SMILES string of the molecule is CCCCC(CCCC)(C(=O)O)C(=O)O.[Ca+2].[H-].[H-]. The molecule has 0 aliphatic carbocycles. The van der Waals surface area contributed by atoms with E-state index < -0.39 is 17.4 Å². The summed E-state index contributed by atoms with van der Waals surface area (Å²) < 4.78 is 0. The Bertz CT molecular complexity index is 213. The van der Waals surface area contributed by atoms with E-state index in [0.29, 0.717) is 12.8 Å². The first-order valence-corrected chi connectivity index (χ1v) is 5.48. The molecule has 0 saturated carbocycles. The van der Waals surface area contributed by atoms with Gasteiger partial charge in [0.05, 0.1) is 0 Å². The first-order valence-electron chi connectivity index (χ1n) is 5.48. The molecule has 0 spiro atoms. The van der Waals surface area contributed by atoms with Crippen LogP contribution in [0.25, 0.3) is 0 Å². The molecule has 16 heavy (non-hydrogen) atoms. The third-order valence-corrected chi connectivity index (χ3v) is 2.73. The topological polar surface area (TPSA) is 74.6 Å². The predicted octanol–water partition coefficient (Wildman–Crippen LogP) is 2.37. The van der Waals surface area contributed by atoms with Crippen LogP contribution in [0.5, 0.6) is 0 Å². The number of hydrogen-bond donors (Lipinski definition) is 2. The Hall–Kier alpha value is 0.200. The van der Waals surface area contributed by atoms with Crippen LogP contribution in [0.1, 0.15) is 55.2 Å². The molecule has 0 atom stereocenters. The van der Waals surface area contributed by atoms with Gasteiger partial charge in [-0.1, -0.05) is 39.5 Å². The smallest absolute Gasteiger partial charge is 1.00 e. The summed E-state index contributed by atoms with van der Waals surface area (Å²) >= 11 is 0. The van der Waals surface area contributed by atoms with E-state index in [1.54, 1.807) is 0 Å². The van der Waals surface area contributed by atoms with Crippen molar-refractivity contribution in [1.29, 1.82) is 0 Å². The Kier molecular flexibility index (Phi) is 10.7. The number of carboxylic acids is 2. The van der Waals surface area contributed by atoms with Crippen molar-refractivity contribution in [3.8, 4) is 0 Å². The molecule has 0 aliphatic rings. The number of hydrogen-bond acceptors (Lipinski definition) is 2. The van der Waals surface area contributed by atoms with E-state index in [-0.39, 0.29) is 53.4 Å². The van der Waals surface area contributed by atoms with E-state index in [1.807, 2.05) is 13.8 Å². The van der Waals surface area contributed by atoms with Crippen molar-refractivity contribution in [2.75, 3.05) is 0 Å². The standard InChI is InChI=1S/C11H20O4.Ca.2H/c1-3-5-7-11(9(12)13,10(14)15)8-6-4-2;;;/h3-8H2,1-2H3,(H,12,13)(H,14,15);;;/q;+2;2*-1. The molecule has 5 heteroatoms. The zero-order valence-electron chi connectivity index (χ0n) is 12.2. The summed E-state index contributed by atoms with van der Waals surface area (Å²) in [5.41, 5.74) is -1.56. The molecular formula is C11H22CaO4. The van der Waals surface area contributed by atoms with Crippen molar-refractivity contribution in [3.63, 3.8) is 0 Å². The number of aliphatic carboxylic acids is 2. The molecule has 0 heterocycles. The zero-order chi connectivity index (χ0) is 11.9. The Labute approximate surface area is 129 Å². The molecule has 0 aromatic heterocycles. The molecule has 0 aliphatic heterocycles. The van der Waals surface area contributed by atoms with Crippen LogP contribution in [0.2, 0.25) is 0 Å². The normalized spacial score (nSPS) is 10.6. The van der Waals surface area contributed by atoms with E-state index in [4.69, 9.17) is 10.2 Å².